The molecule has 2 atom stereocenters. The van der Waals surface area contributed by atoms with Gasteiger partial charge < -0.3 is 11.1 Å². The molecule has 0 radical (unpaired) electrons. The second-order valence-electron chi connectivity index (χ2n) is 5.88. The highest BCUT2D eigenvalue weighted by Gasteiger charge is 2.23. The van der Waals surface area contributed by atoms with Gasteiger partial charge >= 0.3 is 0 Å². The highest BCUT2D eigenvalue weighted by molar-refractivity contribution is 7.11. The zero-order valence-electron chi connectivity index (χ0n) is 12.4. The van der Waals surface area contributed by atoms with Gasteiger partial charge in [-0.1, -0.05) is 32.3 Å². The van der Waals surface area contributed by atoms with Crippen molar-refractivity contribution in [2.75, 3.05) is 11.1 Å². The highest BCUT2D eigenvalue weighted by Crippen LogP contribution is 2.38. The molecular formula is C16H22N4S. The van der Waals surface area contributed by atoms with Gasteiger partial charge in [-0.2, -0.15) is 4.37 Å². The lowest BCUT2D eigenvalue weighted by atomic mass is 9.97. The van der Waals surface area contributed by atoms with Crippen molar-refractivity contribution >= 4 is 22.4 Å². The molecule has 1 aliphatic carbocycles. The second kappa shape index (κ2) is 6.43. The van der Waals surface area contributed by atoms with Gasteiger partial charge in [0.15, 0.2) is 0 Å². The Balaban J connectivity index is 1.86. The predicted molar refractivity (Wildman–Crippen MR) is 89.4 cm³/mol. The summed E-state index contributed by atoms with van der Waals surface area (Å²) < 4.78 is 4.34. The first-order chi connectivity index (χ1) is 10.3. The predicted octanol–water partition coefficient (Wildman–Crippen LogP) is 4.17. The minimum atomic E-state index is 0.516. The molecule has 112 valence electrons. The van der Waals surface area contributed by atoms with Crippen molar-refractivity contribution in [3.05, 3.63) is 24.5 Å². The number of nitrogens with two attached hydrogens (primary N) is 1. The van der Waals surface area contributed by atoms with E-state index in [2.05, 4.69) is 21.6 Å². The van der Waals surface area contributed by atoms with Crippen LogP contribution in [0.1, 0.15) is 39.0 Å². The van der Waals surface area contributed by atoms with Crippen LogP contribution in [0.15, 0.2) is 24.5 Å². The van der Waals surface area contributed by atoms with E-state index in [4.69, 9.17) is 5.73 Å². The molecular weight excluding hydrogens is 280 g/mol. The largest absolute Gasteiger partial charge is 0.382 e. The van der Waals surface area contributed by atoms with Gasteiger partial charge in [0.25, 0.3) is 0 Å². The molecule has 0 amide bonds. The Kier molecular flexibility index (Phi) is 4.39. The fraction of sp³-hybridized carbons (Fsp3) is 0.500. The van der Waals surface area contributed by atoms with Crippen molar-refractivity contribution in [3.8, 4) is 11.1 Å². The van der Waals surface area contributed by atoms with Gasteiger partial charge in [-0.3, -0.25) is 4.98 Å². The number of hydrogen-bond donors (Lipinski definition) is 2. The van der Waals surface area contributed by atoms with E-state index in [1.165, 1.54) is 43.6 Å². The number of pyridine rings is 1. The molecule has 1 aliphatic rings. The Bertz CT molecular complexity index is 581. The van der Waals surface area contributed by atoms with Gasteiger partial charge in [-0.25, -0.2) is 0 Å². The molecule has 2 aromatic rings. The molecule has 1 saturated carbocycles. The van der Waals surface area contributed by atoms with Crippen molar-refractivity contribution in [1.82, 2.24) is 9.36 Å². The summed E-state index contributed by atoms with van der Waals surface area (Å²) in [5, 5.41) is 4.79. The number of rotatable bonds is 3. The van der Waals surface area contributed by atoms with Crippen LogP contribution >= 0.6 is 11.5 Å². The number of aromatic nitrogens is 2. The van der Waals surface area contributed by atoms with Crippen molar-refractivity contribution in [2.45, 2.75) is 45.1 Å². The van der Waals surface area contributed by atoms with Crippen molar-refractivity contribution in [2.24, 2.45) is 5.92 Å². The molecule has 4 nitrogen and oxygen atoms in total. The summed E-state index contributed by atoms with van der Waals surface area (Å²) in [7, 11) is 0. The van der Waals surface area contributed by atoms with Crippen LogP contribution in [0, 0.1) is 5.92 Å². The van der Waals surface area contributed by atoms with Crippen LogP contribution in [-0.4, -0.2) is 15.4 Å². The molecule has 21 heavy (non-hydrogen) atoms. The fourth-order valence-electron chi connectivity index (χ4n) is 3.07. The molecule has 3 N–H and O–H groups in total. The number of nitrogens with one attached hydrogen (secondary N) is 1. The lowest BCUT2D eigenvalue weighted by molar-refractivity contribution is 0.457. The van der Waals surface area contributed by atoms with E-state index in [1.807, 2.05) is 18.3 Å². The maximum absolute atomic E-state index is 6.08. The summed E-state index contributed by atoms with van der Waals surface area (Å²) in [6, 6.07) is 4.49. The first kappa shape index (κ1) is 14.3. The number of hydrogen-bond acceptors (Lipinski definition) is 5. The van der Waals surface area contributed by atoms with E-state index < -0.39 is 0 Å². The lowest BCUT2D eigenvalue weighted by Crippen LogP contribution is -2.26. The fourth-order valence-corrected chi connectivity index (χ4v) is 3.87. The van der Waals surface area contributed by atoms with Crippen molar-refractivity contribution < 1.29 is 0 Å². The number of nitrogens with zero attached hydrogens (tertiary/aromatic N) is 2. The first-order valence-electron chi connectivity index (χ1n) is 7.68. The molecule has 2 heterocycles. The normalized spacial score (nSPS) is 22.7. The first-order valence-corrected chi connectivity index (χ1v) is 8.45. The third kappa shape index (κ3) is 3.18. The van der Waals surface area contributed by atoms with Crippen LogP contribution in [0.2, 0.25) is 0 Å². The van der Waals surface area contributed by atoms with Crippen molar-refractivity contribution in [1.29, 1.82) is 0 Å². The van der Waals surface area contributed by atoms with Crippen LogP contribution in [0.25, 0.3) is 11.1 Å². The van der Waals surface area contributed by atoms with Crippen LogP contribution < -0.4 is 11.1 Å². The van der Waals surface area contributed by atoms with E-state index in [9.17, 15) is 0 Å². The van der Waals surface area contributed by atoms with E-state index in [0.29, 0.717) is 17.8 Å². The van der Waals surface area contributed by atoms with Gasteiger partial charge in [0.2, 0.25) is 0 Å². The Morgan fingerprint density at radius 3 is 2.95 bits per heavy atom. The molecule has 3 rings (SSSR count). The smallest absolute Gasteiger partial charge is 0.147 e. The molecule has 1 fully saturated rings. The standard InChI is InChI=1S/C16H22N4S/c1-11-6-3-2-4-8-13(11)19-16-14(15(17)20-21-16)12-7-5-9-18-10-12/h5,7,9-11,13,19H,2-4,6,8H2,1H3,(H2,17,20). The summed E-state index contributed by atoms with van der Waals surface area (Å²) in [5.74, 6) is 1.29. The third-order valence-corrected chi connectivity index (χ3v) is 5.14. The minimum absolute atomic E-state index is 0.516. The molecule has 0 spiro atoms. The minimum Gasteiger partial charge on any atom is -0.382 e. The Morgan fingerprint density at radius 1 is 1.29 bits per heavy atom. The van der Waals surface area contributed by atoms with Gasteiger partial charge in [0.05, 0.1) is 5.56 Å². The molecule has 2 aromatic heterocycles. The molecule has 0 aliphatic heterocycles. The number of nitrogen functional groups attached to an aromatic ring is 1. The summed E-state index contributed by atoms with van der Waals surface area (Å²) in [4.78, 5) is 4.19. The van der Waals surface area contributed by atoms with Gasteiger partial charge in [0, 0.05) is 24.0 Å². The summed E-state index contributed by atoms with van der Waals surface area (Å²) >= 11 is 1.46. The van der Waals surface area contributed by atoms with Gasteiger partial charge in [-0.05, 0) is 36.4 Å². The van der Waals surface area contributed by atoms with E-state index in [1.54, 1.807) is 6.20 Å². The molecule has 5 heteroatoms. The van der Waals surface area contributed by atoms with Crippen LogP contribution in [-0.2, 0) is 0 Å². The topological polar surface area (TPSA) is 63.8 Å². The van der Waals surface area contributed by atoms with Crippen LogP contribution in [0.5, 0.6) is 0 Å². The molecule has 2 unspecified atom stereocenters. The summed E-state index contributed by atoms with van der Waals surface area (Å²) in [6.07, 6.45) is 10.2. The van der Waals surface area contributed by atoms with Crippen LogP contribution in [0.3, 0.4) is 0 Å². The molecule has 0 saturated heterocycles. The number of anilines is 2. The van der Waals surface area contributed by atoms with Gasteiger partial charge in [0.1, 0.15) is 10.8 Å². The molecule has 0 aromatic carbocycles. The third-order valence-electron chi connectivity index (χ3n) is 4.35. The quantitative estimate of drug-likeness (QED) is 0.835. The Hall–Kier alpha value is -1.62. The lowest BCUT2D eigenvalue weighted by Gasteiger charge is -2.23. The average molecular weight is 302 g/mol. The van der Waals surface area contributed by atoms with Crippen LogP contribution in [0.4, 0.5) is 10.8 Å². The highest BCUT2D eigenvalue weighted by atomic mass is 32.1. The van der Waals surface area contributed by atoms with Crippen molar-refractivity contribution in [3.63, 3.8) is 0 Å². The SMILES string of the molecule is CC1CCCCCC1Nc1snc(N)c1-c1cccnc1. The second-order valence-corrected chi connectivity index (χ2v) is 6.65. The monoisotopic (exact) mass is 302 g/mol. The average Bonchev–Trinajstić information content (AvgIpc) is 2.74. The Labute approximate surface area is 130 Å². The maximum Gasteiger partial charge on any atom is 0.147 e. The summed E-state index contributed by atoms with van der Waals surface area (Å²) in [6.45, 7) is 2.34. The molecule has 0 bridgehead atoms. The van der Waals surface area contributed by atoms with E-state index in [-0.39, 0.29) is 0 Å². The van der Waals surface area contributed by atoms with E-state index in [0.717, 1.165) is 16.1 Å². The Morgan fingerprint density at radius 2 is 2.14 bits per heavy atom. The zero-order chi connectivity index (χ0) is 14.7. The zero-order valence-corrected chi connectivity index (χ0v) is 13.2. The summed E-state index contributed by atoms with van der Waals surface area (Å²) in [5.41, 5.74) is 8.11. The van der Waals surface area contributed by atoms with E-state index >= 15 is 0 Å². The van der Waals surface area contributed by atoms with Gasteiger partial charge in [-0.15, -0.1) is 0 Å². The maximum atomic E-state index is 6.08.